The maximum absolute atomic E-state index is 10.9. The predicted molar refractivity (Wildman–Crippen MR) is 119 cm³/mol. The Kier molecular flexibility index (Phi) is 20.9. The molecule has 0 bridgehead atoms. The van der Waals surface area contributed by atoms with Gasteiger partial charge >= 0.3 is 5.97 Å². The van der Waals surface area contributed by atoms with Crippen LogP contribution in [-0.2, 0) is 9.53 Å². The van der Waals surface area contributed by atoms with E-state index in [-0.39, 0.29) is 5.97 Å². The lowest BCUT2D eigenvalue weighted by Gasteiger charge is -2.11. The summed E-state index contributed by atoms with van der Waals surface area (Å²) < 4.78 is 5.00. The number of rotatable bonds is 21. The summed E-state index contributed by atoms with van der Waals surface area (Å²) in [7, 11) is 0. The second-order valence-electron chi connectivity index (χ2n) is 8.36. The summed E-state index contributed by atoms with van der Waals surface area (Å²) in [6.45, 7) is 8.59. The third kappa shape index (κ3) is 21.4. The molecule has 2 heteroatoms. The van der Waals surface area contributed by atoms with Gasteiger partial charge in [-0.2, -0.15) is 0 Å². The quantitative estimate of drug-likeness (QED) is 0.113. The number of esters is 1. The predicted octanol–water partition coefficient (Wildman–Crippen LogP) is 8.39. The molecule has 0 aromatic heterocycles. The van der Waals surface area contributed by atoms with Crippen molar-refractivity contribution in [1.29, 1.82) is 0 Å². The number of ether oxygens (including phenoxy) is 1. The molecule has 0 radical (unpaired) electrons. The van der Waals surface area contributed by atoms with Crippen LogP contribution in [0.3, 0.4) is 0 Å². The molecular weight excluding hydrogens is 332 g/mol. The average molecular weight is 381 g/mol. The topological polar surface area (TPSA) is 26.3 Å². The minimum Gasteiger partial charge on any atom is -0.463 e. The Morgan fingerprint density at radius 1 is 0.741 bits per heavy atom. The maximum atomic E-state index is 10.9. The molecule has 0 aliphatic carbocycles. The molecule has 0 heterocycles. The summed E-state index contributed by atoms with van der Waals surface area (Å²) >= 11 is 0. The van der Waals surface area contributed by atoms with Crippen LogP contribution in [0.1, 0.15) is 129 Å². The number of hydrogen-bond donors (Lipinski definition) is 0. The SMILES string of the molecule is C=CC(=O)OCCCCC(C)CCCCCCCCCCCCCCCC. The number of unbranched alkanes of at least 4 members (excludes halogenated alkanes) is 14. The van der Waals surface area contributed by atoms with Crippen molar-refractivity contribution in [3.63, 3.8) is 0 Å². The molecule has 0 aromatic rings. The van der Waals surface area contributed by atoms with E-state index in [1.165, 1.54) is 109 Å². The van der Waals surface area contributed by atoms with Crippen LogP contribution in [0.4, 0.5) is 0 Å². The molecule has 0 saturated carbocycles. The van der Waals surface area contributed by atoms with E-state index in [0.29, 0.717) is 6.61 Å². The van der Waals surface area contributed by atoms with Gasteiger partial charge in [-0.05, 0) is 18.8 Å². The molecular formula is C25H48O2. The summed E-state index contributed by atoms with van der Waals surface area (Å²) in [6.07, 6.45) is 26.0. The number of hydrogen-bond acceptors (Lipinski definition) is 2. The molecule has 1 atom stereocenters. The Morgan fingerprint density at radius 3 is 1.59 bits per heavy atom. The van der Waals surface area contributed by atoms with Crippen LogP contribution in [0.5, 0.6) is 0 Å². The first-order chi connectivity index (χ1) is 13.2. The fourth-order valence-corrected chi connectivity index (χ4v) is 3.66. The molecule has 160 valence electrons. The van der Waals surface area contributed by atoms with Gasteiger partial charge in [-0.25, -0.2) is 4.79 Å². The zero-order valence-corrected chi connectivity index (χ0v) is 18.6. The zero-order chi connectivity index (χ0) is 20.0. The summed E-state index contributed by atoms with van der Waals surface area (Å²) in [4.78, 5) is 10.9. The second-order valence-corrected chi connectivity index (χ2v) is 8.36. The zero-order valence-electron chi connectivity index (χ0n) is 18.6. The van der Waals surface area contributed by atoms with E-state index < -0.39 is 0 Å². The Labute approximate surface area is 170 Å². The Balaban J connectivity index is 3.16. The van der Waals surface area contributed by atoms with E-state index in [4.69, 9.17) is 4.74 Å². The first-order valence-electron chi connectivity index (χ1n) is 12.0. The summed E-state index contributed by atoms with van der Waals surface area (Å²) in [5, 5.41) is 0. The van der Waals surface area contributed by atoms with Crippen molar-refractivity contribution < 1.29 is 9.53 Å². The molecule has 0 aliphatic rings. The summed E-state index contributed by atoms with van der Waals surface area (Å²) in [6, 6.07) is 0. The molecule has 0 amide bonds. The van der Waals surface area contributed by atoms with Gasteiger partial charge in [0, 0.05) is 6.08 Å². The van der Waals surface area contributed by atoms with E-state index >= 15 is 0 Å². The van der Waals surface area contributed by atoms with Gasteiger partial charge in [-0.3, -0.25) is 0 Å². The van der Waals surface area contributed by atoms with Crippen molar-refractivity contribution in [3.8, 4) is 0 Å². The normalized spacial score (nSPS) is 12.1. The van der Waals surface area contributed by atoms with Gasteiger partial charge < -0.3 is 4.74 Å². The van der Waals surface area contributed by atoms with Crippen molar-refractivity contribution in [1.82, 2.24) is 0 Å². The first-order valence-corrected chi connectivity index (χ1v) is 12.0. The van der Waals surface area contributed by atoms with Gasteiger partial charge in [0.15, 0.2) is 0 Å². The van der Waals surface area contributed by atoms with Crippen molar-refractivity contribution in [3.05, 3.63) is 12.7 Å². The van der Waals surface area contributed by atoms with Crippen LogP contribution in [0.15, 0.2) is 12.7 Å². The van der Waals surface area contributed by atoms with Crippen LogP contribution >= 0.6 is 0 Å². The fraction of sp³-hybridized carbons (Fsp3) is 0.880. The third-order valence-corrected chi connectivity index (χ3v) is 5.55. The molecule has 0 aromatic carbocycles. The van der Waals surface area contributed by atoms with Crippen molar-refractivity contribution in [2.24, 2.45) is 5.92 Å². The van der Waals surface area contributed by atoms with Gasteiger partial charge in [-0.15, -0.1) is 0 Å². The maximum Gasteiger partial charge on any atom is 0.330 e. The average Bonchev–Trinajstić information content (AvgIpc) is 2.67. The molecule has 0 rings (SSSR count). The molecule has 0 saturated heterocycles. The van der Waals surface area contributed by atoms with Gasteiger partial charge in [0.1, 0.15) is 0 Å². The highest BCUT2D eigenvalue weighted by Crippen LogP contribution is 2.18. The van der Waals surface area contributed by atoms with Crippen molar-refractivity contribution >= 4 is 5.97 Å². The van der Waals surface area contributed by atoms with Crippen LogP contribution in [-0.4, -0.2) is 12.6 Å². The molecule has 0 N–H and O–H groups in total. The lowest BCUT2D eigenvalue weighted by Crippen LogP contribution is -2.02. The smallest absolute Gasteiger partial charge is 0.330 e. The van der Waals surface area contributed by atoms with Gasteiger partial charge in [-0.1, -0.05) is 123 Å². The van der Waals surface area contributed by atoms with E-state index in [2.05, 4.69) is 20.4 Å². The molecule has 0 spiro atoms. The minimum absolute atomic E-state index is 0.301. The fourth-order valence-electron chi connectivity index (χ4n) is 3.66. The minimum atomic E-state index is -0.301. The van der Waals surface area contributed by atoms with Crippen LogP contribution in [0.25, 0.3) is 0 Å². The second kappa shape index (κ2) is 21.5. The number of carbonyl (C=O) groups is 1. The van der Waals surface area contributed by atoms with Crippen molar-refractivity contribution in [2.45, 2.75) is 129 Å². The van der Waals surface area contributed by atoms with E-state index in [0.717, 1.165) is 18.8 Å². The highest BCUT2D eigenvalue weighted by Gasteiger charge is 2.03. The molecule has 1 unspecified atom stereocenters. The monoisotopic (exact) mass is 380 g/mol. The molecule has 2 nitrogen and oxygen atoms in total. The number of carbonyl (C=O) groups excluding carboxylic acids is 1. The van der Waals surface area contributed by atoms with Gasteiger partial charge in [0.25, 0.3) is 0 Å². The third-order valence-electron chi connectivity index (χ3n) is 5.55. The highest BCUT2D eigenvalue weighted by molar-refractivity contribution is 5.81. The highest BCUT2D eigenvalue weighted by atomic mass is 16.5. The Hall–Kier alpha value is -0.790. The summed E-state index contributed by atoms with van der Waals surface area (Å²) in [5.74, 6) is 0.503. The lowest BCUT2D eigenvalue weighted by atomic mass is 9.96. The van der Waals surface area contributed by atoms with Gasteiger partial charge in [0.05, 0.1) is 6.61 Å². The van der Waals surface area contributed by atoms with Crippen LogP contribution in [0, 0.1) is 5.92 Å². The largest absolute Gasteiger partial charge is 0.463 e. The Morgan fingerprint density at radius 2 is 1.15 bits per heavy atom. The van der Waals surface area contributed by atoms with Crippen molar-refractivity contribution in [2.75, 3.05) is 6.61 Å². The van der Waals surface area contributed by atoms with E-state index in [1.54, 1.807) is 0 Å². The van der Waals surface area contributed by atoms with Crippen LogP contribution < -0.4 is 0 Å². The van der Waals surface area contributed by atoms with E-state index in [9.17, 15) is 4.79 Å². The molecule has 27 heavy (non-hydrogen) atoms. The van der Waals surface area contributed by atoms with Crippen LogP contribution in [0.2, 0.25) is 0 Å². The standard InChI is InChI=1S/C25H48O2/c1-4-6-7-8-9-10-11-12-13-14-15-16-17-18-21-24(3)22-19-20-23-27-25(26)5-2/h5,24H,2,4,6-23H2,1,3H3. The molecule has 0 aliphatic heterocycles. The first kappa shape index (κ1) is 26.2. The molecule has 0 fully saturated rings. The summed E-state index contributed by atoms with van der Waals surface area (Å²) in [5.41, 5.74) is 0. The lowest BCUT2D eigenvalue weighted by molar-refractivity contribution is -0.137. The Bertz CT molecular complexity index is 324. The van der Waals surface area contributed by atoms with Gasteiger partial charge in [0.2, 0.25) is 0 Å². The van der Waals surface area contributed by atoms with E-state index in [1.807, 2.05) is 0 Å².